The minimum atomic E-state index is 0.207. The fourth-order valence-electron chi connectivity index (χ4n) is 3.21. The molecule has 2 N–H and O–H groups in total. The first-order valence-electron chi connectivity index (χ1n) is 9.20. The highest BCUT2D eigenvalue weighted by molar-refractivity contribution is 5.76. The molecule has 3 rings (SSSR count). The average molecular weight is 353 g/mol. The summed E-state index contributed by atoms with van der Waals surface area (Å²) in [6, 6.07) is 16.0. The molecular weight excluding hydrogens is 326 g/mol. The van der Waals surface area contributed by atoms with Crippen LogP contribution in [0, 0.1) is 6.92 Å². The lowest BCUT2D eigenvalue weighted by Crippen LogP contribution is -2.48. The Morgan fingerprint density at radius 1 is 1.08 bits per heavy atom. The summed E-state index contributed by atoms with van der Waals surface area (Å²) in [6.07, 6.45) is 1.21. The monoisotopic (exact) mass is 353 g/mol. The molecule has 5 heteroatoms. The van der Waals surface area contributed by atoms with Gasteiger partial charge in [-0.05, 0) is 43.2 Å². The lowest BCUT2D eigenvalue weighted by atomic mass is 10.2. The van der Waals surface area contributed by atoms with Crippen LogP contribution < -0.4 is 15.4 Å². The predicted octanol–water partition coefficient (Wildman–Crippen LogP) is 3.09. The molecule has 0 aliphatic carbocycles. The Morgan fingerprint density at radius 2 is 1.85 bits per heavy atom. The highest BCUT2D eigenvalue weighted by Crippen LogP contribution is 2.20. The van der Waals surface area contributed by atoms with Crippen molar-refractivity contribution in [3.63, 3.8) is 0 Å². The molecule has 0 spiro atoms. The molecule has 2 aromatic rings. The van der Waals surface area contributed by atoms with Crippen LogP contribution in [0.3, 0.4) is 0 Å². The quantitative estimate of drug-likeness (QED) is 0.640. The average Bonchev–Trinajstić information content (AvgIpc) is 2.66. The number of nitrogens with two attached hydrogens (primary N) is 1. The van der Waals surface area contributed by atoms with Gasteiger partial charge in [0.1, 0.15) is 5.75 Å². The van der Waals surface area contributed by atoms with Crippen LogP contribution in [0.5, 0.6) is 5.75 Å². The molecule has 1 amide bonds. The van der Waals surface area contributed by atoms with Crippen LogP contribution in [-0.2, 0) is 4.79 Å². The van der Waals surface area contributed by atoms with Crippen LogP contribution in [-0.4, -0.2) is 43.6 Å². The van der Waals surface area contributed by atoms with Gasteiger partial charge in [-0.1, -0.05) is 24.3 Å². The number of para-hydroxylation sites is 2. The van der Waals surface area contributed by atoms with E-state index in [4.69, 9.17) is 10.5 Å². The number of nitrogen functional groups attached to an aromatic ring is 1. The highest BCUT2D eigenvalue weighted by atomic mass is 16.5. The Hall–Kier alpha value is -2.69. The number of benzene rings is 2. The third kappa shape index (κ3) is 4.69. The van der Waals surface area contributed by atoms with Gasteiger partial charge in [0.2, 0.25) is 5.91 Å². The number of piperazine rings is 1. The van der Waals surface area contributed by atoms with Gasteiger partial charge in [-0.2, -0.15) is 0 Å². The largest absolute Gasteiger partial charge is 0.491 e. The smallest absolute Gasteiger partial charge is 0.222 e. The van der Waals surface area contributed by atoms with Crippen LogP contribution in [0.1, 0.15) is 18.4 Å². The first-order chi connectivity index (χ1) is 12.6. The number of aryl methyl sites for hydroxylation is 1. The SMILES string of the molecule is Cc1cccc(N2CCN(C(=O)CCCOc3ccccc3N)CC2)c1. The number of anilines is 2. The molecule has 1 aliphatic rings. The zero-order valence-corrected chi connectivity index (χ0v) is 15.4. The summed E-state index contributed by atoms with van der Waals surface area (Å²) in [5.74, 6) is 0.894. The Labute approximate surface area is 155 Å². The second-order valence-electron chi connectivity index (χ2n) is 6.70. The van der Waals surface area contributed by atoms with Crippen molar-refractivity contribution in [2.45, 2.75) is 19.8 Å². The number of nitrogens with zero attached hydrogens (tertiary/aromatic N) is 2. The minimum absolute atomic E-state index is 0.207. The molecule has 0 atom stereocenters. The van der Waals surface area contributed by atoms with Gasteiger partial charge < -0.3 is 20.3 Å². The molecule has 1 aliphatic heterocycles. The lowest BCUT2D eigenvalue weighted by molar-refractivity contribution is -0.131. The van der Waals surface area contributed by atoms with Crippen molar-refractivity contribution in [2.24, 2.45) is 0 Å². The maximum Gasteiger partial charge on any atom is 0.222 e. The maximum absolute atomic E-state index is 12.4. The molecule has 138 valence electrons. The maximum atomic E-state index is 12.4. The molecule has 0 bridgehead atoms. The van der Waals surface area contributed by atoms with Crippen molar-refractivity contribution >= 4 is 17.3 Å². The molecule has 1 saturated heterocycles. The van der Waals surface area contributed by atoms with Gasteiger partial charge in [0.05, 0.1) is 12.3 Å². The lowest BCUT2D eigenvalue weighted by Gasteiger charge is -2.36. The van der Waals surface area contributed by atoms with Gasteiger partial charge in [0, 0.05) is 38.3 Å². The van der Waals surface area contributed by atoms with E-state index in [1.54, 1.807) is 0 Å². The Bertz CT molecular complexity index is 740. The van der Waals surface area contributed by atoms with E-state index in [9.17, 15) is 4.79 Å². The van der Waals surface area contributed by atoms with E-state index in [0.29, 0.717) is 30.9 Å². The zero-order chi connectivity index (χ0) is 18.4. The molecule has 26 heavy (non-hydrogen) atoms. The highest BCUT2D eigenvalue weighted by Gasteiger charge is 2.21. The van der Waals surface area contributed by atoms with E-state index in [0.717, 1.165) is 26.2 Å². The number of rotatable bonds is 6. The number of hydrogen-bond acceptors (Lipinski definition) is 4. The van der Waals surface area contributed by atoms with Gasteiger partial charge in [-0.25, -0.2) is 0 Å². The van der Waals surface area contributed by atoms with Gasteiger partial charge >= 0.3 is 0 Å². The summed E-state index contributed by atoms with van der Waals surface area (Å²) in [5.41, 5.74) is 8.98. The van der Waals surface area contributed by atoms with Crippen LogP contribution in [0.2, 0.25) is 0 Å². The van der Waals surface area contributed by atoms with Crippen molar-refractivity contribution < 1.29 is 9.53 Å². The second-order valence-corrected chi connectivity index (χ2v) is 6.70. The number of carbonyl (C=O) groups is 1. The Morgan fingerprint density at radius 3 is 2.58 bits per heavy atom. The van der Waals surface area contributed by atoms with E-state index in [2.05, 4.69) is 36.1 Å². The summed E-state index contributed by atoms with van der Waals surface area (Å²) < 4.78 is 5.66. The van der Waals surface area contributed by atoms with E-state index < -0.39 is 0 Å². The fourth-order valence-corrected chi connectivity index (χ4v) is 3.21. The van der Waals surface area contributed by atoms with E-state index >= 15 is 0 Å². The van der Waals surface area contributed by atoms with Crippen molar-refractivity contribution in [2.75, 3.05) is 43.4 Å². The summed E-state index contributed by atoms with van der Waals surface area (Å²) in [5, 5.41) is 0. The zero-order valence-electron chi connectivity index (χ0n) is 15.4. The van der Waals surface area contributed by atoms with Crippen LogP contribution in [0.15, 0.2) is 48.5 Å². The van der Waals surface area contributed by atoms with Gasteiger partial charge in [-0.15, -0.1) is 0 Å². The molecule has 0 saturated carbocycles. The van der Waals surface area contributed by atoms with Crippen LogP contribution >= 0.6 is 0 Å². The molecule has 0 radical (unpaired) electrons. The fraction of sp³-hybridized carbons (Fsp3) is 0.381. The summed E-state index contributed by atoms with van der Waals surface area (Å²) in [6.45, 7) is 5.93. The van der Waals surface area contributed by atoms with E-state index in [1.165, 1.54) is 11.3 Å². The van der Waals surface area contributed by atoms with Gasteiger partial charge in [0.25, 0.3) is 0 Å². The Kier molecular flexibility index (Phi) is 6.00. The molecule has 1 heterocycles. The normalized spacial score (nSPS) is 14.3. The predicted molar refractivity (Wildman–Crippen MR) is 106 cm³/mol. The summed E-state index contributed by atoms with van der Waals surface area (Å²) in [4.78, 5) is 16.7. The summed E-state index contributed by atoms with van der Waals surface area (Å²) >= 11 is 0. The van der Waals surface area contributed by atoms with Crippen LogP contribution in [0.25, 0.3) is 0 Å². The summed E-state index contributed by atoms with van der Waals surface area (Å²) in [7, 11) is 0. The first kappa shape index (κ1) is 18.1. The topological polar surface area (TPSA) is 58.8 Å². The third-order valence-corrected chi connectivity index (χ3v) is 4.71. The van der Waals surface area contributed by atoms with Crippen molar-refractivity contribution in [3.05, 3.63) is 54.1 Å². The van der Waals surface area contributed by atoms with Gasteiger partial charge in [0.15, 0.2) is 0 Å². The van der Waals surface area contributed by atoms with Gasteiger partial charge in [-0.3, -0.25) is 4.79 Å². The van der Waals surface area contributed by atoms with Crippen molar-refractivity contribution in [3.8, 4) is 5.75 Å². The Balaban J connectivity index is 1.39. The van der Waals surface area contributed by atoms with Crippen molar-refractivity contribution in [1.82, 2.24) is 4.90 Å². The number of amides is 1. The third-order valence-electron chi connectivity index (χ3n) is 4.71. The molecular formula is C21H27N3O2. The number of ether oxygens (including phenoxy) is 1. The minimum Gasteiger partial charge on any atom is -0.491 e. The van der Waals surface area contributed by atoms with E-state index in [1.807, 2.05) is 29.2 Å². The van der Waals surface area contributed by atoms with E-state index in [-0.39, 0.29) is 5.91 Å². The molecule has 2 aromatic carbocycles. The standard InChI is InChI=1S/C21H27N3O2/c1-17-6-4-7-18(16-17)23-11-13-24(14-12-23)21(25)10-5-15-26-20-9-3-2-8-19(20)22/h2-4,6-9,16H,5,10-15,22H2,1H3. The first-order valence-corrected chi connectivity index (χ1v) is 9.20. The number of hydrogen-bond donors (Lipinski definition) is 1. The van der Waals surface area contributed by atoms with Crippen molar-refractivity contribution in [1.29, 1.82) is 0 Å². The van der Waals surface area contributed by atoms with Crippen LogP contribution in [0.4, 0.5) is 11.4 Å². The molecule has 5 nitrogen and oxygen atoms in total. The number of carbonyl (C=O) groups excluding carboxylic acids is 1. The molecule has 0 aromatic heterocycles. The molecule has 0 unspecified atom stereocenters. The molecule has 1 fully saturated rings. The second kappa shape index (κ2) is 8.61.